The number of benzene rings is 1. The molecule has 0 aliphatic rings. The molecule has 106 valence electrons. The molecule has 1 rings (SSSR count). The molecule has 1 aromatic carbocycles. The highest BCUT2D eigenvalue weighted by Crippen LogP contribution is 2.19. The minimum Gasteiger partial charge on any atom is -0.494 e. The third-order valence-electron chi connectivity index (χ3n) is 2.85. The molecule has 1 atom stereocenters. The number of ether oxygens (including phenoxy) is 1. The molecule has 0 aromatic heterocycles. The van der Waals surface area contributed by atoms with Crippen LogP contribution in [-0.2, 0) is 11.2 Å². The van der Waals surface area contributed by atoms with Crippen molar-refractivity contribution in [2.24, 2.45) is 5.92 Å². The minimum absolute atomic E-state index is 0.00611. The van der Waals surface area contributed by atoms with Gasteiger partial charge >= 0.3 is 0 Å². The van der Waals surface area contributed by atoms with Crippen molar-refractivity contribution in [3.63, 3.8) is 0 Å². The highest BCUT2D eigenvalue weighted by molar-refractivity contribution is 5.76. The number of aryl methyl sites for hydroxylation is 1. The zero-order chi connectivity index (χ0) is 14.1. The van der Waals surface area contributed by atoms with E-state index in [0.29, 0.717) is 26.0 Å². The predicted molar refractivity (Wildman–Crippen MR) is 75.2 cm³/mol. The molecular formula is C15H23NO3. The lowest BCUT2D eigenvalue weighted by Gasteiger charge is -2.11. The van der Waals surface area contributed by atoms with E-state index in [1.54, 1.807) is 0 Å². The number of hydrogen-bond donors (Lipinski definition) is 2. The lowest BCUT2D eigenvalue weighted by Crippen LogP contribution is -2.29. The molecule has 1 aromatic rings. The molecule has 0 saturated carbocycles. The second-order valence-electron chi connectivity index (χ2n) is 4.63. The first-order valence-corrected chi connectivity index (χ1v) is 6.75. The van der Waals surface area contributed by atoms with Gasteiger partial charge in [-0.15, -0.1) is 0 Å². The number of nitrogens with one attached hydrogen (secondary N) is 1. The van der Waals surface area contributed by atoms with Gasteiger partial charge in [-0.05, 0) is 30.9 Å². The van der Waals surface area contributed by atoms with Gasteiger partial charge in [-0.25, -0.2) is 0 Å². The van der Waals surface area contributed by atoms with Crippen molar-refractivity contribution < 1.29 is 14.6 Å². The van der Waals surface area contributed by atoms with E-state index in [4.69, 9.17) is 9.84 Å². The van der Waals surface area contributed by atoms with Crippen LogP contribution in [0.1, 0.15) is 25.8 Å². The van der Waals surface area contributed by atoms with Crippen LogP contribution in [0.4, 0.5) is 0 Å². The molecule has 4 heteroatoms. The topological polar surface area (TPSA) is 58.6 Å². The predicted octanol–water partition coefficient (Wildman–Crippen LogP) is 1.76. The molecule has 0 bridgehead atoms. The van der Waals surface area contributed by atoms with E-state index in [-0.39, 0.29) is 18.4 Å². The molecule has 0 aliphatic carbocycles. The molecule has 0 aliphatic heterocycles. The zero-order valence-electron chi connectivity index (χ0n) is 11.7. The van der Waals surface area contributed by atoms with E-state index in [1.807, 2.05) is 38.1 Å². The van der Waals surface area contributed by atoms with Crippen LogP contribution in [0.5, 0.6) is 5.75 Å². The fourth-order valence-corrected chi connectivity index (χ4v) is 1.70. The first kappa shape index (κ1) is 15.5. The number of para-hydroxylation sites is 1. The Morgan fingerprint density at radius 1 is 1.42 bits per heavy atom. The van der Waals surface area contributed by atoms with E-state index >= 15 is 0 Å². The Bertz CT molecular complexity index is 393. The first-order valence-electron chi connectivity index (χ1n) is 6.75. The standard InChI is InChI=1S/C15H23NO3/c1-3-19-14-7-5-4-6-13(14)8-9-15(18)16-10-12(2)11-17/h4-7,12,17H,3,8-11H2,1-2H3,(H,16,18). The summed E-state index contributed by atoms with van der Waals surface area (Å²) >= 11 is 0. The lowest BCUT2D eigenvalue weighted by atomic mass is 10.1. The molecule has 0 radical (unpaired) electrons. The van der Waals surface area contributed by atoms with E-state index in [2.05, 4.69) is 5.32 Å². The molecule has 0 saturated heterocycles. The summed E-state index contributed by atoms with van der Waals surface area (Å²) in [5.74, 6) is 0.952. The Hall–Kier alpha value is -1.55. The van der Waals surface area contributed by atoms with Gasteiger partial charge in [-0.3, -0.25) is 4.79 Å². The molecule has 0 spiro atoms. The quantitative estimate of drug-likeness (QED) is 0.753. The van der Waals surface area contributed by atoms with Crippen molar-refractivity contribution in [2.45, 2.75) is 26.7 Å². The maximum Gasteiger partial charge on any atom is 0.220 e. The summed E-state index contributed by atoms with van der Waals surface area (Å²) in [6.07, 6.45) is 1.09. The van der Waals surface area contributed by atoms with Crippen LogP contribution in [0.15, 0.2) is 24.3 Å². The Labute approximate surface area is 114 Å². The Balaban J connectivity index is 2.41. The van der Waals surface area contributed by atoms with Gasteiger partial charge in [0.25, 0.3) is 0 Å². The molecular weight excluding hydrogens is 242 g/mol. The van der Waals surface area contributed by atoms with E-state index in [1.165, 1.54) is 0 Å². The summed E-state index contributed by atoms with van der Waals surface area (Å²) in [4.78, 5) is 11.7. The second-order valence-corrected chi connectivity index (χ2v) is 4.63. The van der Waals surface area contributed by atoms with Gasteiger partial charge < -0.3 is 15.2 Å². The third kappa shape index (κ3) is 5.75. The zero-order valence-corrected chi connectivity index (χ0v) is 11.7. The molecule has 2 N–H and O–H groups in total. The van der Waals surface area contributed by atoms with Crippen LogP contribution in [0.2, 0.25) is 0 Å². The summed E-state index contributed by atoms with van der Waals surface area (Å²) < 4.78 is 5.52. The SMILES string of the molecule is CCOc1ccccc1CCC(=O)NCC(C)CO. The fraction of sp³-hybridized carbons (Fsp3) is 0.533. The maximum absolute atomic E-state index is 11.7. The number of carbonyl (C=O) groups excluding carboxylic acids is 1. The number of hydrogen-bond acceptors (Lipinski definition) is 3. The van der Waals surface area contributed by atoms with Gasteiger partial charge in [-0.1, -0.05) is 25.1 Å². The maximum atomic E-state index is 11.7. The Morgan fingerprint density at radius 2 is 2.16 bits per heavy atom. The number of aliphatic hydroxyl groups is 1. The second kappa shape index (κ2) is 8.53. The van der Waals surface area contributed by atoms with Crippen LogP contribution >= 0.6 is 0 Å². The van der Waals surface area contributed by atoms with Crippen LogP contribution in [0.3, 0.4) is 0 Å². The highest BCUT2D eigenvalue weighted by Gasteiger charge is 2.07. The van der Waals surface area contributed by atoms with Gasteiger partial charge in [0.1, 0.15) is 5.75 Å². The normalized spacial score (nSPS) is 11.9. The lowest BCUT2D eigenvalue weighted by molar-refractivity contribution is -0.121. The average Bonchev–Trinajstić information content (AvgIpc) is 2.44. The minimum atomic E-state index is 0.00611. The number of aliphatic hydroxyl groups excluding tert-OH is 1. The van der Waals surface area contributed by atoms with Crippen molar-refractivity contribution in [1.82, 2.24) is 5.32 Å². The Kier molecular flexibility index (Phi) is 6.97. The third-order valence-corrected chi connectivity index (χ3v) is 2.85. The summed E-state index contributed by atoms with van der Waals surface area (Å²) in [7, 11) is 0. The molecule has 1 amide bonds. The van der Waals surface area contributed by atoms with E-state index in [9.17, 15) is 4.79 Å². The first-order chi connectivity index (χ1) is 9.17. The molecule has 19 heavy (non-hydrogen) atoms. The van der Waals surface area contributed by atoms with Crippen molar-refractivity contribution >= 4 is 5.91 Å². The monoisotopic (exact) mass is 265 g/mol. The Morgan fingerprint density at radius 3 is 2.84 bits per heavy atom. The summed E-state index contributed by atoms with van der Waals surface area (Å²) in [5.41, 5.74) is 1.05. The van der Waals surface area contributed by atoms with Gasteiger partial charge in [0, 0.05) is 19.6 Å². The van der Waals surface area contributed by atoms with Crippen LogP contribution in [-0.4, -0.2) is 30.8 Å². The van der Waals surface area contributed by atoms with Gasteiger partial charge in [0.15, 0.2) is 0 Å². The fourth-order valence-electron chi connectivity index (χ4n) is 1.70. The number of rotatable bonds is 8. The van der Waals surface area contributed by atoms with Crippen molar-refractivity contribution in [1.29, 1.82) is 0 Å². The molecule has 0 heterocycles. The van der Waals surface area contributed by atoms with E-state index < -0.39 is 0 Å². The van der Waals surface area contributed by atoms with Gasteiger partial charge in [0.05, 0.1) is 6.61 Å². The van der Waals surface area contributed by atoms with Crippen LogP contribution in [0, 0.1) is 5.92 Å². The summed E-state index contributed by atoms with van der Waals surface area (Å²) in [6, 6.07) is 7.78. The van der Waals surface area contributed by atoms with Crippen molar-refractivity contribution in [3.05, 3.63) is 29.8 Å². The molecule has 0 fully saturated rings. The van der Waals surface area contributed by atoms with Gasteiger partial charge in [0.2, 0.25) is 5.91 Å². The van der Waals surface area contributed by atoms with Crippen molar-refractivity contribution in [3.8, 4) is 5.75 Å². The number of carbonyl (C=O) groups is 1. The molecule has 1 unspecified atom stereocenters. The summed E-state index contributed by atoms with van der Waals surface area (Å²) in [6.45, 7) is 5.07. The smallest absolute Gasteiger partial charge is 0.220 e. The highest BCUT2D eigenvalue weighted by atomic mass is 16.5. The van der Waals surface area contributed by atoms with Crippen LogP contribution < -0.4 is 10.1 Å². The summed E-state index contributed by atoms with van der Waals surface area (Å²) in [5, 5.41) is 11.7. The largest absolute Gasteiger partial charge is 0.494 e. The average molecular weight is 265 g/mol. The van der Waals surface area contributed by atoms with Crippen molar-refractivity contribution in [2.75, 3.05) is 19.8 Å². The number of amides is 1. The molecule has 4 nitrogen and oxygen atoms in total. The van der Waals surface area contributed by atoms with Gasteiger partial charge in [-0.2, -0.15) is 0 Å². The van der Waals surface area contributed by atoms with E-state index in [0.717, 1.165) is 11.3 Å². The van der Waals surface area contributed by atoms with Crippen LogP contribution in [0.25, 0.3) is 0 Å².